The SMILES string of the molecule is COC(=O)c1ccc([C@@H]2C[C@@H](c3ccccc3)CCN2Cc2c(OC)cc(C)c3c2ccn3C(=O)OC(C)(C)C)cc1. The van der Waals surface area contributed by atoms with Gasteiger partial charge < -0.3 is 14.2 Å². The first kappa shape index (κ1) is 29.4. The largest absolute Gasteiger partial charge is 0.496 e. The standard InChI is InChI=1S/C35H40N2O5/c1-23-20-31(40-5)29(28-17-19-37(32(23)28)34(39)42-35(2,3)4)22-36-18-16-27(24-10-8-7-9-11-24)21-30(36)25-12-14-26(15-13-25)33(38)41-6/h7-15,17,19-20,27,30H,16,18,21-22H2,1-6H3/t27-,30-/m0/s1. The van der Waals surface area contributed by atoms with Gasteiger partial charge >= 0.3 is 12.1 Å². The van der Waals surface area contributed by atoms with Crippen molar-refractivity contribution in [1.29, 1.82) is 0 Å². The van der Waals surface area contributed by atoms with Crippen LogP contribution in [0.4, 0.5) is 4.79 Å². The normalized spacial score (nSPS) is 17.7. The molecule has 7 nitrogen and oxygen atoms in total. The van der Waals surface area contributed by atoms with Crippen LogP contribution in [-0.2, 0) is 16.0 Å². The summed E-state index contributed by atoms with van der Waals surface area (Å²) in [5.74, 6) is 0.873. The van der Waals surface area contributed by atoms with Gasteiger partial charge in [0, 0.05) is 29.7 Å². The maximum Gasteiger partial charge on any atom is 0.419 e. The molecule has 1 aromatic heterocycles. The fourth-order valence-electron chi connectivity index (χ4n) is 6.11. The Labute approximate surface area is 248 Å². The zero-order valence-electron chi connectivity index (χ0n) is 25.3. The van der Waals surface area contributed by atoms with Crippen LogP contribution in [0.15, 0.2) is 72.9 Å². The van der Waals surface area contributed by atoms with Gasteiger partial charge in [0.2, 0.25) is 0 Å². The zero-order valence-corrected chi connectivity index (χ0v) is 25.3. The summed E-state index contributed by atoms with van der Waals surface area (Å²) in [5.41, 5.74) is 5.24. The maximum absolute atomic E-state index is 13.1. The lowest BCUT2D eigenvalue weighted by atomic mass is 9.82. The van der Waals surface area contributed by atoms with E-state index in [1.165, 1.54) is 12.7 Å². The molecule has 7 heteroatoms. The minimum Gasteiger partial charge on any atom is -0.496 e. The molecular formula is C35H40N2O5. The summed E-state index contributed by atoms with van der Waals surface area (Å²) in [6.45, 7) is 9.13. The van der Waals surface area contributed by atoms with Gasteiger partial charge in [-0.15, -0.1) is 0 Å². The van der Waals surface area contributed by atoms with Crippen molar-refractivity contribution in [3.63, 3.8) is 0 Å². The first-order valence-electron chi connectivity index (χ1n) is 14.5. The van der Waals surface area contributed by atoms with Crippen LogP contribution in [0.1, 0.15) is 78.2 Å². The molecule has 0 N–H and O–H groups in total. The molecule has 1 fully saturated rings. The van der Waals surface area contributed by atoms with Gasteiger partial charge in [-0.3, -0.25) is 9.47 Å². The number of ether oxygens (including phenoxy) is 3. The van der Waals surface area contributed by atoms with E-state index in [0.29, 0.717) is 18.0 Å². The second-order valence-electron chi connectivity index (χ2n) is 12.0. The number of likely N-dealkylation sites (tertiary alicyclic amines) is 1. The summed E-state index contributed by atoms with van der Waals surface area (Å²) in [5, 5.41) is 0.975. The molecule has 3 aromatic carbocycles. The number of aromatic nitrogens is 1. The van der Waals surface area contributed by atoms with Crippen LogP contribution >= 0.6 is 0 Å². The van der Waals surface area contributed by atoms with Crippen molar-refractivity contribution < 1.29 is 23.8 Å². The number of carbonyl (C=O) groups excluding carboxylic acids is 2. The van der Waals surface area contributed by atoms with Crippen molar-refractivity contribution in [2.75, 3.05) is 20.8 Å². The third-order valence-electron chi connectivity index (χ3n) is 8.10. The van der Waals surface area contributed by atoms with E-state index in [2.05, 4.69) is 35.2 Å². The lowest BCUT2D eigenvalue weighted by Gasteiger charge is -2.40. The minimum absolute atomic E-state index is 0.115. The Morgan fingerprint density at radius 3 is 2.31 bits per heavy atom. The number of aryl methyl sites for hydroxylation is 1. The number of methoxy groups -OCH3 is 2. The molecule has 2 heterocycles. The lowest BCUT2D eigenvalue weighted by Crippen LogP contribution is -2.36. The average Bonchev–Trinajstić information content (AvgIpc) is 3.44. The quantitative estimate of drug-likeness (QED) is 0.223. The second-order valence-corrected chi connectivity index (χ2v) is 12.0. The molecule has 1 aliphatic rings. The van der Waals surface area contributed by atoms with Gasteiger partial charge in [0.05, 0.1) is 25.3 Å². The number of nitrogens with zero attached hydrogens (tertiary/aromatic N) is 2. The summed E-state index contributed by atoms with van der Waals surface area (Å²) in [7, 11) is 3.09. The Hall–Kier alpha value is -4.10. The lowest BCUT2D eigenvalue weighted by molar-refractivity contribution is 0.0542. The maximum atomic E-state index is 13.1. The van der Waals surface area contributed by atoms with Gasteiger partial charge in [0.1, 0.15) is 11.4 Å². The van der Waals surface area contributed by atoms with Crippen LogP contribution in [0, 0.1) is 6.92 Å². The Morgan fingerprint density at radius 1 is 0.952 bits per heavy atom. The molecule has 0 unspecified atom stereocenters. The third-order valence-corrected chi connectivity index (χ3v) is 8.10. The van der Waals surface area contributed by atoms with Crippen molar-refractivity contribution >= 4 is 23.0 Å². The van der Waals surface area contributed by atoms with Crippen LogP contribution in [0.3, 0.4) is 0 Å². The highest BCUT2D eigenvalue weighted by Crippen LogP contribution is 2.42. The van der Waals surface area contributed by atoms with Gasteiger partial charge in [-0.25, -0.2) is 9.59 Å². The summed E-state index contributed by atoms with van der Waals surface area (Å²) in [6, 6.07) is 22.6. The molecule has 4 aromatic rings. The second kappa shape index (κ2) is 12.0. The number of hydrogen-bond donors (Lipinski definition) is 0. The molecule has 0 bridgehead atoms. The van der Waals surface area contributed by atoms with Crippen molar-refractivity contribution in [3.8, 4) is 5.75 Å². The molecule has 1 saturated heterocycles. The summed E-state index contributed by atoms with van der Waals surface area (Å²) in [4.78, 5) is 27.7. The van der Waals surface area contributed by atoms with Crippen molar-refractivity contribution in [2.24, 2.45) is 0 Å². The Balaban J connectivity index is 1.53. The molecule has 220 valence electrons. The van der Waals surface area contributed by atoms with Gasteiger partial charge in [0.15, 0.2) is 0 Å². The summed E-state index contributed by atoms with van der Waals surface area (Å²) in [6.07, 6.45) is 3.36. The van der Waals surface area contributed by atoms with E-state index in [4.69, 9.17) is 14.2 Å². The number of rotatable bonds is 6. The predicted octanol–water partition coefficient (Wildman–Crippen LogP) is 7.65. The minimum atomic E-state index is -0.601. The Bertz CT molecular complexity index is 1570. The number of hydrogen-bond acceptors (Lipinski definition) is 6. The van der Waals surface area contributed by atoms with Gasteiger partial charge in [-0.2, -0.15) is 0 Å². The van der Waals surface area contributed by atoms with Crippen molar-refractivity contribution in [2.45, 2.75) is 64.6 Å². The van der Waals surface area contributed by atoms with E-state index in [9.17, 15) is 9.59 Å². The fraction of sp³-hybridized carbons (Fsp3) is 0.371. The van der Waals surface area contributed by atoms with Crippen LogP contribution in [0.2, 0.25) is 0 Å². The van der Waals surface area contributed by atoms with E-state index in [-0.39, 0.29) is 12.0 Å². The van der Waals surface area contributed by atoms with Gasteiger partial charge in [-0.05, 0) is 94.0 Å². The first-order valence-corrected chi connectivity index (χ1v) is 14.5. The number of carbonyl (C=O) groups is 2. The van der Waals surface area contributed by atoms with Crippen molar-refractivity contribution in [1.82, 2.24) is 9.47 Å². The highest BCUT2D eigenvalue weighted by Gasteiger charge is 2.32. The summed E-state index contributed by atoms with van der Waals surface area (Å²) >= 11 is 0. The molecule has 42 heavy (non-hydrogen) atoms. The first-order chi connectivity index (χ1) is 20.1. The van der Waals surface area contributed by atoms with E-state index < -0.39 is 11.7 Å². The topological polar surface area (TPSA) is 70.0 Å². The van der Waals surface area contributed by atoms with Gasteiger partial charge in [0.25, 0.3) is 0 Å². The molecule has 0 aliphatic carbocycles. The van der Waals surface area contributed by atoms with E-state index in [1.807, 2.05) is 64.1 Å². The van der Waals surface area contributed by atoms with Gasteiger partial charge in [-0.1, -0.05) is 42.5 Å². The smallest absolute Gasteiger partial charge is 0.419 e. The molecule has 5 rings (SSSR count). The van der Waals surface area contributed by atoms with E-state index in [1.54, 1.807) is 17.9 Å². The molecular weight excluding hydrogens is 528 g/mol. The average molecular weight is 569 g/mol. The molecule has 0 saturated carbocycles. The fourth-order valence-corrected chi connectivity index (χ4v) is 6.11. The third kappa shape index (κ3) is 6.07. The Kier molecular flexibility index (Phi) is 8.41. The summed E-state index contributed by atoms with van der Waals surface area (Å²) < 4.78 is 18.1. The number of fused-ring (bicyclic) bond motifs is 1. The highest BCUT2D eigenvalue weighted by atomic mass is 16.6. The predicted molar refractivity (Wildman–Crippen MR) is 164 cm³/mol. The van der Waals surface area contributed by atoms with E-state index in [0.717, 1.165) is 52.7 Å². The highest BCUT2D eigenvalue weighted by molar-refractivity contribution is 5.95. The van der Waals surface area contributed by atoms with Crippen molar-refractivity contribution in [3.05, 3.63) is 101 Å². The Morgan fingerprint density at radius 2 is 1.67 bits per heavy atom. The molecule has 0 spiro atoms. The monoisotopic (exact) mass is 568 g/mol. The van der Waals surface area contributed by atoms with Crippen LogP contribution < -0.4 is 4.74 Å². The molecule has 1 aliphatic heterocycles. The number of benzene rings is 3. The van der Waals surface area contributed by atoms with Crippen LogP contribution in [0.5, 0.6) is 5.75 Å². The number of esters is 1. The number of piperidine rings is 1. The van der Waals surface area contributed by atoms with E-state index >= 15 is 0 Å². The van der Waals surface area contributed by atoms with Crippen LogP contribution in [-0.4, -0.2) is 47.9 Å². The zero-order chi connectivity index (χ0) is 30.0. The molecule has 0 amide bonds. The van der Waals surface area contributed by atoms with Crippen LogP contribution in [0.25, 0.3) is 10.9 Å². The molecule has 2 atom stereocenters. The molecule has 0 radical (unpaired) electrons.